The number of hydrogen-bond donors (Lipinski definition) is 2. The fraction of sp³-hybridized carbons (Fsp3) is 0.571. The molecule has 1 rings (SSSR count). The maximum Gasteiger partial charge on any atom is 0.251 e. The van der Waals surface area contributed by atoms with Crippen LogP contribution in [0.5, 0.6) is 0 Å². The zero-order valence-corrected chi connectivity index (χ0v) is 13.3. The number of pyridine rings is 1. The zero-order valence-electron chi connectivity index (χ0n) is 12.5. The van der Waals surface area contributed by atoms with Gasteiger partial charge in [-0.25, -0.2) is 4.98 Å². The normalized spacial score (nSPS) is 13.6. The van der Waals surface area contributed by atoms with E-state index in [-0.39, 0.29) is 11.2 Å². The van der Waals surface area contributed by atoms with Crippen LogP contribution >= 0.6 is 0 Å². The number of anilines is 1. The predicted molar refractivity (Wildman–Crippen MR) is 83.6 cm³/mol. The van der Waals surface area contributed by atoms with Crippen LogP contribution in [0, 0.1) is 6.92 Å². The molecule has 1 aromatic heterocycles. The Hall–Kier alpha value is -1.43. The van der Waals surface area contributed by atoms with Gasteiger partial charge in [-0.1, -0.05) is 6.92 Å². The lowest BCUT2D eigenvalue weighted by Crippen LogP contribution is -2.32. The molecule has 0 spiro atoms. The number of rotatable bonds is 7. The number of aromatic nitrogens is 1. The monoisotopic (exact) mass is 297 g/mol. The van der Waals surface area contributed by atoms with Crippen LogP contribution < -0.4 is 10.6 Å². The van der Waals surface area contributed by atoms with Gasteiger partial charge in [0, 0.05) is 46.7 Å². The smallest absolute Gasteiger partial charge is 0.251 e. The van der Waals surface area contributed by atoms with E-state index >= 15 is 0 Å². The first-order chi connectivity index (χ1) is 9.43. The van der Waals surface area contributed by atoms with Crippen molar-refractivity contribution in [2.45, 2.75) is 32.4 Å². The Labute approximate surface area is 123 Å². The van der Waals surface area contributed by atoms with Crippen molar-refractivity contribution in [2.75, 3.05) is 24.7 Å². The van der Waals surface area contributed by atoms with Crippen molar-refractivity contribution < 1.29 is 9.00 Å². The Balaban J connectivity index is 2.72. The van der Waals surface area contributed by atoms with E-state index in [0.717, 1.165) is 18.7 Å². The number of amides is 1. The highest BCUT2D eigenvalue weighted by atomic mass is 32.2. The molecule has 0 fully saturated rings. The van der Waals surface area contributed by atoms with Crippen molar-refractivity contribution in [2.24, 2.45) is 0 Å². The van der Waals surface area contributed by atoms with Crippen LogP contribution in [0.4, 0.5) is 5.82 Å². The molecule has 6 heteroatoms. The summed E-state index contributed by atoms with van der Waals surface area (Å²) in [4.78, 5) is 16.4. The largest absolute Gasteiger partial charge is 0.370 e. The van der Waals surface area contributed by atoms with Crippen molar-refractivity contribution in [1.82, 2.24) is 10.3 Å². The van der Waals surface area contributed by atoms with Gasteiger partial charge in [-0.3, -0.25) is 9.00 Å². The summed E-state index contributed by atoms with van der Waals surface area (Å²) in [5, 5.41) is 5.92. The number of carbonyl (C=O) groups is 1. The first kappa shape index (κ1) is 16.6. The average molecular weight is 297 g/mol. The highest BCUT2D eigenvalue weighted by Crippen LogP contribution is 2.10. The molecule has 2 N–H and O–H groups in total. The molecule has 0 aliphatic rings. The quantitative estimate of drug-likeness (QED) is 0.804. The third kappa shape index (κ3) is 5.28. The molecule has 1 amide bonds. The molecule has 0 saturated heterocycles. The second-order valence-electron chi connectivity index (χ2n) is 4.83. The average Bonchev–Trinajstić information content (AvgIpc) is 2.41. The molecule has 0 aliphatic heterocycles. The summed E-state index contributed by atoms with van der Waals surface area (Å²) in [6.07, 6.45) is 2.64. The summed E-state index contributed by atoms with van der Waals surface area (Å²) in [5.74, 6) is 0.552. The fourth-order valence-corrected chi connectivity index (χ4v) is 1.92. The van der Waals surface area contributed by atoms with Gasteiger partial charge >= 0.3 is 0 Å². The highest BCUT2D eigenvalue weighted by Gasteiger charge is 2.11. The van der Waals surface area contributed by atoms with Gasteiger partial charge in [0.1, 0.15) is 5.82 Å². The number of hydrogen-bond acceptors (Lipinski definition) is 4. The molecule has 0 radical (unpaired) electrons. The predicted octanol–water partition coefficient (Wildman–Crippen LogP) is 1.71. The molecule has 0 aliphatic carbocycles. The van der Waals surface area contributed by atoms with Crippen molar-refractivity contribution in [3.05, 3.63) is 23.4 Å². The Kier molecular flexibility index (Phi) is 6.64. The SMILES string of the molecule is CCCNc1cc(C(=O)NCC(C)S(C)=O)cc(C)n1. The van der Waals surface area contributed by atoms with Gasteiger partial charge in [-0.05, 0) is 32.4 Å². The van der Waals surface area contributed by atoms with Gasteiger partial charge in [0.15, 0.2) is 0 Å². The van der Waals surface area contributed by atoms with Gasteiger partial charge in [0.05, 0.1) is 0 Å². The Bertz CT molecular complexity index is 491. The number of aryl methyl sites for hydroxylation is 1. The number of nitrogens with zero attached hydrogens (tertiary/aromatic N) is 1. The molecule has 112 valence electrons. The molecule has 20 heavy (non-hydrogen) atoms. The van der Waals surface area contributed by atoms with Crippen LogP contribution in [0.2, 0.25) is 0 Å². The van der Waals surface area contributed by atoms with Crippen LogP contribution in [0.25, 0.3) is 0 Å². The standard InChI is InChI=1S/C14H23N3O2S/c1-5-6-15-13-8-12(7-10(2)17-13)14(18)16-9-11(3)20(4)19/h7-8,11H,5-6,9H2,1-4H3,(H,15,17)(H,16,18). The van der Waals surface area contributed by atoms with E-state index in [9.17, 15) is 9.00 Å². The van der Waals surface area contributed by atoms with Gasteiger partial charge in [0.2, 0.25) is 0 Å². The minimum absolute atomic E-state index is 0.0560. The summed E-state index contributed by atoms with van der Waals surface area (Å²) in [5.41, 5.74) is 1.37. The Morgan fingerprint density at radius 2 is 2.15 bits per heavy atom. The molecule has 2 atom stereocenters. The lowest BCUT2D eigenvalue weighted by Gasteiger charge is -2.11. The van der Waals surface area contributed by atoms with Gasteiger partial charge in [-0.2, -0.15) is 0 Å². The van der Waals surface area contributed by atoms with Crippen LogP contribution in [0.15, 0.2) is 12.1 Å². The second-order valence-corrected chi connectivity index (χ2v) is 6.63. The van der Waals surface area contributed by atoms with E-state index in [2.05, 4.69) is 22.5 Å². The van der Waals surface area contributed by atoms with E-state index in [1.54, 1.807) is 18.4 Å². The number of nitrogens with one attached hydrogen (secondary N) is 2. The highest BCUT2D eigenvalue weighted by molar-refractivity contribution is 7.84. The van der Waals surface area contributed by atoms with Crippen molar-refractivity contribution in [3.63, 3.8) is 0 Å². The molecule has 0 bridgehead atoms. The van der Waals surface area contributed by atoms with E-state index < -0.39 is 10.8 Å². The summed E-state index contributed by atoms with van der Waals surface area (Å²) in [6.45, 7) is 7.01. The Morgan fingerprint density at radius 3 is 2.75 bits per heavy atom. The first-order valence-corrected chi connectivity index (χ1v) is 8.39. The minimum Gasteiger partial charge on any atom is -0.370 e. The van der Waals surface area contributed by atoms with Crippen LogP contribution in [0.3, 0.4) is 0 Å². The zero-order chi connectivity index (χ0) is 15.1. The molecule has 1 heterocycles. The van der Waals surface area contributed by atoms with E-state index in [1.165, 1.54) is 0 Å². The van der Waals surface area contributed by atoms with Gasteiger partial charge in [0.25, 0.3) is 5.91 Å². The van der Waals surface area contributed by atoms with E-state index in [0.29, 0.717) is 17.9 Å². The van der Waals surface area contributed by atoms with Gasteiger partial charge < -0.3 is 10.6 Å². The summed E-state index contributed by atoms with van der Waals surface area (Å²) in [7, 11) is -0.936. The van der Waals surface area contributed by atoms with Crippen molar-refractivity contribution in [1.29, 1.82) is 0 Å². The molecule has 1 aromatic rings. The third-order valence-corrected chi connectivity index (χ3v) is 4.19. The lowest BCUT2D eigenvalue weighted by atomic mass is 10.2. The summed E-state index contributed by atoms with van der Waals surface area (Å²) in [6, 6.07) is 3.49. The maximum absolute atomic E-state index is 12.1. The molecular weight excluding hydrogens is 274 g/mol. The van der Waals surface area contributed by atoms with Crippen LogP contribution in [0.1, 0.15) is 36.3 Å². The third-order valence-electron chi connectivity index (χ3n) is 2.89. The van der Waals surface area contributed by atoms with E-state index in [1.807, 2.05) is 13.8 Å². The maximum atomic E-state index is 12.1. The lowest BCUT2D eigenvalue weighted by molar-refractivity contribution is 0.0954. The topological polar surface area (TPSA) is 71.1 Å². The van der Waals surface area contributed by atoms with Crippen LogP contribution in [-0.4, -0.2) is 39.7 Å². The summed E-state index contributed by atoms with van der Waals surface area (Å²) >= 11 is 0. The molecular formula is C14H23N3O2S. The van der Waals surface area contributed by atoms with Crippen molar-refractivity contribution in [3.8, 4) is 0 Å². The molecule has 2 unspecified atom stereocenters. The summed E-state index contributed by atoms with van der Waals surface area (Å²) < 4.78 is 11.3. The van der Waals surface area contributed by atoms with Crippen LogP contribution in [-0.2, 0) is 10.8 Å². The molecule has 0 aromatic carbocycles. The minimum atomic E-state index is -0.936. The van der Waals surface area contributed by atoms with Crippen molar-refractivity contribution >= 4 is 22.5 Å². The second kappa shape index (κ2) is 7.99. The number of carbonyl (C=O) groups excluding carboxylic acids is 1. The fourth-order valence-electron chi connectivity index (χ4n) is 1.60. The van der Waals surface area contributed by atoms with Gasteiger partial charge in [-0.15, -0.1) is 0 Å². The first-order valence-electron chi connectivity index (χ1n) is 6.77. The van der Waals surface area contributed by atoms with E-state index in [4.69, 9.17) is 0 Å². The Morgan fingerprint density at radius 1 is 1.45 bits per heavy atom. The molecule has 5 nitrogen and oxygen atoms in total. The molecule has 0 saturated carbocycles.